The molecule has 57 heavy (non-hydrogen) atoms. The average Bonchev–Trinajstić information content (AvgIpc) is 3.24. The number of hydrogen-bond acceptors (Lipinski definition) is 8. The molecule has 0 spiro atoms. The summed E-state index contributed by atoms with van der Waals surface area (Å²) in [5.41, 5.74) is 0. The van der Waals surface area contributed by atoms with Crippen LogP contribution < -0.4 is 0 Å². The molecule has 3 rings (SSSR count). The molecule has 2 saturated carbocycles. The van der Waals surface area contributed by atoms with Crippen molar-refractivity contribution in [2.24, 2.45) is 35.5 Å². The lowest BCUT2D eigenvalue weighted by atomic mass is 9.68. The number of carbonyl (C=O) groups is 3. The number of hydrogen-bond donors (Lipinski definition) is 0. The van der Waals surface area contributed by atoms with Crippen LogP contribution in [0.5, 0.6) is 0 Å². The molecule has 0 aromatic heterocycles. The number of piperidine rings is 1. The van der Waals surface area contributed by atoms with Gasteiger partial charge in [0.1, 0.15) is 19.8 Å². The molecule has 328 valence electrons. The van der Waals surface area contributed by atoms with Crippen molar-refractivity contribution in [1.82, 2.24) is 4.90 Å². The number of unbranched alkanes of at least 4 members (excludes halogenated alkanes) is 10. The van der Waals surface area contributed by atoms with Crippen LogP contribution in [0.15, 0.2) is 24.3 Å². The Hall–Kier alpha value is -2.35. The van der Waals surface area contributed by atoms with E-state index < -0.39 is 12.1 Å². The molecule has 1 aliphatic heterocycles. The predicted molar refractivity (Wildman–Crippen MR) is 232 cm³/mol. The summed E-state index contributed by atoms with van der Waals surface area (Å²) >= 11 is 0. The number of rotatable bonds is 29. The Morgan fingerprint density at radius 2 is 1.23 bits per heavy atom. The molecule has 8 heteroatoms. The van der Waals surface area contributed by atoms with Crippen LogP contribution in [-0.2, 0) is 28.5 Å². The lowest BCUT2D eigenvalue weighted by molar-refractivity contribution is -0.154. The molecule has 0 N–H and O–H groups in total. The quantitative estimate of drug-likeness (QED) is 0.0320. The van der Waals surface area contributed by atoms with Crippen molar-refractivity contribution in [3.05, 3.63) is 24.3 Å². The van der Waals surface area contributed by atoms with Crippen molar-refractivity contribution in [1.29, 1.82) is 0 Å². The Morgan fingerprint density at radius 3 is 1.93 bits per heavy atom. The smallest absolute Gasteiger partial charge is 0.465 e. The summed E-state index contributed by atoms with van der Waals surface area (Å²) in [5, 5.41) is 0. The molecular weight excluding hydrogens is 715 g/mol. The van der Waals surface area contributed by atoms with Gasteiger partial charge in [-0.15, -0.1) is 0 Å². The van der Waals surface area contributed by atoms with Gasteiger partial charge in [-0.25, -0.2) is 4.79 Å². The summed E-state index contributed by atoms with van der Waals surface area (Å²) in [6, 6.07) is 0. The van der Waals surface area contributed by atoms with Crippen LogP contribution in [-0.4, -0.2) is 69.1 Å². The molecule has 3 aliphatic rings. The summed E-state index contributed by atoms with van der Waals surface area (Å²) in [6.07, 6.45) is 38.2. The fourth-order valence-electron chi connectivity index (χ4n) is 9.27. The lowest BCUT2D eigenvalue weighted by Crippen LogP contribution is -2.37. The van der Waals surface area contributed by atoms with Crippen molar-refractivity contribution >= 4 is 18.1 Å². The highest BCUT2D eigenvalue weighted by atomic mass is 16.7. The van der Waals surface area contributed by atoms with E-state index in [0.717, 1.165) is 114 Å². The van der Waals surface area contributed by atoms with Gasteiger partial charge in [0.05, 0.1) is 18.4 Å². The van der Waals surface area contributed by atoms with Crippen LogP contribution in [0.25, 0.3) is 0 Å². The zero-order valence-electron chi connectivity index (χ0n) is 36.9. The van der Waals surface area contributed by atoms with E-state index in [1.165, 1.54) is 83.5 Å². The predicted octanol–water partition coefficient (Wildman–Crippen LogP) is 12.6. The third kappa shape index (κ3) is 22.6. The van der Waals surface area contributed by atoms with Gasteiger partial charge in [-0.1, -0.05) is 116 Å². The van der Waals surface area contributed by atoms with Crippen LogP contribution in [0.2, 0.25) is 0 Å². The van der Waals surface area contributed by atoms with E-state index in [0.29, 0.717) is 18.9 Å². The van der Waals surface area contributed by atoms with E-state index in [-0.39, 0.29) is 37.7 Å². The molecule has 2 aliphatic carbocycles. The Labute approximate surface area is 349 Å². The molecule has 0 amide bonds. The Morgan fingerprint density at radius 1 is 0.614 bits per heavy atom. The van der Waals surface area contributed by atoms with Gasteiger partial charge in [-0.2, -0.15) is 0 Å². The van der Waals surface area contributed by atoms with Gasteiger partial charge >= 0.3 is 18.1 Å². The van der Waals surface area contributed by atoms with Gasteiger partial charge in [0.25, 0.3) is 0 Å². The summed E-state index contributed by atoms with van der Waals surface area (Å²) in [5.74, 6) is 1.82. The van der Waals surface area contributed by atoms with E-state index in [2.05, 4.69) is 50.0 Å². The molecule has 2 atom stereocenters. The largest absolute Gasteiger partial charge is 0.508 e. The van der Waals surface area contributed by atoms with E-state index >= 15 is 0 Å². The third-order valence-corrected chi connectivity index (χ3v) is 13.1. The van der Waals surface area contributed by atoms with E-state index in [9.17, 15) is 14.4 Å². The molecule has 8 nitrogen and oxygen atoms in total. The second-order valence-corrected chi connectivity index (χ2v) is 17.8. The minimum atomic E-state index is -0.718. The highest BCUT2D eigenvalue weighted by Gasteiger charge is 2.34. The minimum Gasteiger partial charge on any atom is -0.465 e. The van der Waals surface area contributed by atoms with E-state index in [1.54, 1.807) is 0 Å². The summed E-state index contributed by atoms with van der Waals surface area (Å²) < 4.78 is 22.5. The summed E-state index contributed by atoms with van der Waals surface area (Å²) in [7, 11) is 0. The van der Waals surface area contributed by atoms with Gasteiger partial charge in [-0.3, -0.25) is 9.59 Å². The van der Waals surface area contributed by atoms with Gasteiger partial charge in [-0.05, 0) is 121 Å². The molecule has 0 aromatic carbocycles. The van der Waals surface area contributed by atoms with Gasteiger partial charge in [0.15, 0.2) is 0 Å². The number of nitrogens with zero attached hydrogens (tertiary/aromatic N) is 1. The number of esters is 2. The Kier molecular flexibility index (Phi) is 27.1. The average molecular weight is 800 g/mol. The maximum absolute atomic E-state index is 13.3. The number of ether oxygens (including phenoxy) is 4. The van der Waals surface area contributed by atoms with Crippen LogP contribution in [0, 0.1) is 35.5 Å². The first-order valence-electron chi connectivity index (χ1n) is 24.1. The number of carbonyl (C=O) groups excluding carboxylic acids is 3. The minimum absolute atomic E-state index is 0.0251. The van der Waals surface area contributed by atoms with E-state index in [4.69, 9.17) is 18.9 Å². The monoisotopic (exact) mass is 800 g/mol. The second kappa shape index (κ2) is 31.6. The highest BCUT2D eigenvalue weighted by molar-refractivity contribution is 5.72. The van der Waals surface area contributed by atoms with Crippen molar-refractivity contribution in [3.8, 4) is 0 Å². The van der Waals surface area contributed by atoms with Crippen molar-refractivity contribution < 1.29 is 33.3 Å². The Balaban J connectivity index is 1.34. The molecule has 1 saturated heterocycles. The zero-order chi connectivity index (χ0) is 40.8. The standard InChI is InChI=1S/C49H85NO7/c1-4-7-9-10-11-12-13-14-15-16-17-18-19-20-22-26-47(51)54-38-43(40-57-49(53)56-37-42-25-23-35-50(6-3)36-42)39-55-48(52)46-33-31-45(32-34-46)44-29-27-41(28-30-44)24-21-8-5-2/h11-12,14-15,41-46H,4-10,13,16-40H2,1-3H3/b12-11-,15-14-. The van der Waals surface area contributed by atoms with Crippen LogP contribution >= 0.6 is 0 Å². The first-order chi connectivity index (χ1) is 27.9. The lowest BCUT2D eigenvalue weighted by Gasteiger charge is -2.37. The first kappa shape index (κ1) is 49.0. The van der Waals surface area contributed by atoms with Crippen molar-refractivity contribution in [3.63, 3.8) is 0 Å². The summed E-state index contributed by atoms with van der Waals surface area (Å²) in [4.78, 5) is 40.9. The zero-order valence-corrected chi connectivity index (χ0v) is 36.9. The summed E-state index contributed by atoms with van der Waals surface area (Å²) in [6.45, 7) is 10.1. The normalized spacial score (nSPS) is 23.7. The SMILES string of the molecule is CCCCC/C=C\C/C=C\CCCCCCCC(=O)OCC(COC(=O)OCC1CCCN(CC)C1)COC(=O)C1CCC(C2CCC(CCCCC)CC2)CC1. The van der Waals surface area contributed by atoms with Crippen LogP contribution in [0.4, 0.5) is 4.79 Å². The highest BCUT2D eigenvalue weighted by Crippen LogP contribution is 2.42. The van der Waals surface area contributed by atoms with E-state index in [1.807, 2.05) is 0 Å². The van der Waals surface area contributed by atoms with Crippen molar-refractivity contribution in [2.45, 2.75) is 188 Å². The Bertz CT molecular complexity index is 1110. The number of allylic oxidation sites excluding steroid dienone is 4. The second-order valence-electron chi connectivity index (χ2n) is 17.8. The first-order valence-corrected chi connectivity index (χ1v) is 24.1. The van der Waals surface area contributed by atoms with Gasteiger partial charge in [0, 0.05) is 18.9 Å². The molecule has 1 heterocycles. The molecule has 0 aromatic rings. The third-order valence-electron chi connectivity index (χ3n) is 13.1. The molecule has 0 bridgehead atoms. The molecular formula is C49H85NO7. The topological polar surface area (TPSA) is 91.4 Å². The van der Waals surface area contributed by atoms with Gasteiger partial charge < -0.3 is 23.8 Å². The van der Waals surface area contributed by atoms with Gasteiger partial charge in [0.2, 0.25) is 0 Å². The maximum atomic E-state index is 13.3. The van der Waals surface area contributed by atoms with Crippen LogP contribution in [0.3, 0.4) is 0 Å². The fourth-order valence-corrected chi connectivity index (χ4v) is 9.27. The van der Waals surface area contributed by atoms with Crippen molar-refractivity contribution in [2.75, 3.05) is 46.1 Å². The fraction of sp³-hybridized carbons (Fsp3) is 0.857. The molecule has 2 unspecified atom stereocenters. The molecule has 3 fully saturated rings. The number of likely N-dealkylation sites (tertiary alicyclic amines) is 1. The molecule has 0 radical (unpaired) electrons. The van der Waals surface area contributed by atoms with Crippen LogP contribution in [0.1, 0.15) is 188 Å². The maximum Gasteiger partial charge on any atom is 0.508 e.